The molecule has 1 N–H and O–H groups in total. The van der Waals surface area contributed by atoms with Crippen LogP contribution >= 0.6 is 15.9 Å². The monoisotopic (exact) mass is 481 g/mol. The van der Waals surface area contributed by atoms with E-state index in [1.54, 1.807) is 12.1 Å². The lowest BCUT2D eigenvalue weighted by atomic mass is 9.77. The fraction of sp³-hybridized carbons (Fsp3) is 0.348. The summed E-state index contributed by atoms with van der Waals surface area (Å²) in [4.78, 5) is 27.9. The van der Waals surface area contributed by atoms with Gasteiger partial charge in [0, 0.05) is 38.8 Å². The van der Waals surface area contributed by atoms with Crippen LogP contribution in [0.4, 0.5) is 5.69 Å². The molecule has 0 radical (unpaired) electrons. The van der Waals surface area contributed by atoms with E-state index in [2.05, 4.69) is 32.1 Å². The van der Waals surface area contributed by atoms with Crippen molar-refractivity contribution in [3.63, 3.8) is 0 Å². The SMILES string of the molecule is C#CCOc1ccc(Br)cc1[C@@H]1[C@@H]2CCCN2[C@]2(C(=O)Nc3ccccc32)[C@@H]1[N+](=O)[O-]. The molecule has 2 aromatic carbocycles. The van der Waals surface area contributed by atoms with Crippen LogP contribution in [0.2, 0.25) is 0 Å². The maximum absolute atomic E-state index is 13.5. The number of carbonyl (C=O) groups excluding carboxylic acids is 1. The van der Waals surface area contributed by atoms with Crippen LogP contribution in [0.3, 0.4) is 0 Å². The van der Waals surface area contributed by atoms with Crippen LogP contribution < -0.4 is 10.1 Å². The van der Waals surface area contributed by atoms with E-state index in [0.29, 0.717) is 29.1 Å². The van der Waals surface area contributed by atoms with Gasteiger partial charge in [-0.15, -0.1) is 6.42 Å². The van der Waals surface area contributed by atoms with Crippen LogP contribution in [0.25, 0.3) is 0 Å². The fourth-order valence-corrected chi connectivity index (χ4v) is 6.16. The number of hydrogen-bond donors (Lipinski definition) is 1. The van der Waals surface area contributed by atoms with Crippen LogP contribution in [0.5, 0.6) is 5.75 Å². The van der Waals surface area contributed by atoms with E-state index >= 15 is 0 Å². The van der Waals surface area contributed by atoms with Crippen molar-refractivity contribution in [2.75, 3.05) is 18.5 Å². The number of nitrogens with zero attached hydrogens (tertiary/aromatic N) is 2. The summed E-state index contributed by atoms with van der Waals surface area (Å²) in [6.07, 6.45) is 7.03. The van der Waals surface area contributed by atoms with Crippen LogP contribution in [0.15, 0.2) is 46.9 Å². The van der Waals surface area contributed by atoms with Gasteiger partial charge in [-0.05, 0) is 37.1 Å². The van der Waals surface area contributed by atoms with Crippen molar-refractivity contribution >= 4 is 27.5 Å². The highest BCUT2D eigenvalue weighted by atomic mass is 79.9. The Morgan fingerprint density at radius 1 is 1.35 bits per heavy atom. The minimum atomic E-state index is -1.35. The molecule has 31 heavy (non-hydrogen) atoms. The molecule has 3 aliphatic rings. The van der Waals surface area contributed by atoms with Crippen molar-refractivity contribution in [1.82, 2.24) is 4.90 Å². The molecule has 3 heterocycles. The van der Waals surface area contributed by atoms with Crippen molar-refractivity contribution in [3.05, 3.63) is 68.2 Å². The van der Waals surface area contributed by atoms with Gasteiger partial charge in [0.25, 0.3) is 11.9 Å². The van der Waals surface area contributed by atoms with Crippen LogP contribution in [0.1, 0.15) is 29.9 Å². The maximum Gasteiger partial charge on any atom is 0.256 e. The van der Waals surface area contributed by atoms with Gasteiger partial charge in [0.05, 0.1) is 5.92 Å². The summed E-state index contributed by atoms with van der Waals surface area (Å²) in [7, 11) is 0. The first kappa shape index (κ1) is 20.0. The maximum atomic E-state index is 13.5. The highest BCUT2D eigenvalue weighted by Crippen LogP contribution is 2.59. The van der Waals surface area contributed by atoms with Crippen molar-refractivity contribution < 1.29 is 14.5 Å². The van der Waals surface area contributed by atoms with Crippen LogP contribution in [-0.2, 0) is 10.3 Å². The molecule has 7 nitrogen and oxygen atoms in total. The Bertz CT molecular complexity index is 1130. The zero-order valence-corrected chi connectivity index (χ0v) is 18.2. The number of ether oxygens (including phenoxy) is 1. The number of rotatable bonds is 4. The Balaban J connectivity index is 1.75. The first-order valence-electron chi connectivity index (χ1n) is 10.2. The molecular weight excluding hydrogens is 462 g/mol. The quantitative estimate of drug-likeness (QED) is 0.410. The van der Waals surface area contributed by atoms with Crippen molar-refractivity contribution in [3.8, 4) is 18.1 Å². The fourth-order valence-electron chi connectivity index (χ4n) is 5.78. The third-order valence-corrected chi connectivity index (χ3v) is 7.23. The van der Waals surface area contributed by atoms with Gasteiger partial charge in [-0.1, -0.05) is 40.0 Å². The summed E-state index contributed by atoms with van der Waals surface area (Å²) in [5, 5.41) is 15.6. The lowest BCUT2D eigenvalue weighted by Crippen LogP contribution is -2.55. The van der Waals surface area contributed by atoms with E-state index in [-0.39, 0.29) is 23.5 Å². The average molecular weight is 482 g/mol. The number of nitrogens with one attached hydrogen (secondary N) is 1. The van der Waals surface area contributed by atoms with Gasteiger partial charge < -0.3 is 10.1 Å². The summed E-state index contributed by atoms with van der Waals surface area (Å²) in [5.74, 6) is 2.12. The largest absolute Gasteiger partial charge is 0.481 e. The molecule has 1 amide bonds. The molecule has 8 heteroatoms. The Morgan fingerprint density at radius 3 is 2.94 bits per heavy atom. The predicted molar refractivity (Wildman–Crippen MR) is 118 cm³/mol. The molecule has 0 aromatic heterocycles. The van der Waals surface area contributed by atoms with Gasteiger partial charge in [-0.25, -0.2) is 0 Å². The molecule has 3 aliphatic heterocycles. The van der Waals surface area contributed by atoms with Crippen LogP contribution in [-0.4, -0.2) is 41.0 Å². The number of hydrogen-bond acceptors (Lipinski definition) is 5. The number of anilines is 1. The van der Waals surface area contributed by atoms with Gasteiger partial charge in [-0.3, -0.25) is 19.8 Å². The molecule has 1 spiro atoms. The lowest BCUT2D eigenvalue weighted by Gasteiger charge is -2.32. The molecule has 2 saturated heterocycles. The Labute approximate surface area is 188 Å². The van der Waals surface area contributed by atoms with E-state index in [0.717, 1.165) is 17.3 Å². The molecule has 0 unspecified atom stereocenters. The average Bonchev–Trinajstić information content (AvgIpc) is 3.40. The minimum Gasteiger partial charge on any atom is -0.481 e. The van der Waals surface area contributed by atoms with E-state index in [9.17, 15) is 14.9 Å². The summed E-state index contributed by atoms with van der Waals surface area (Å²) >= 11 is 3.50. The molecule has 158 valence electrons. The molecule has 0 saturated carbocycles. The number of fused-ring (bicyclic) bond motifs is 4. The zero-order valence-electron chi connectivity index (χ0n) is 16.6. The normalized spacial score (nSPS) is 28.8. The van der Waals surface area contributed by atoms with E-state index in [1.807, 2.05) is 30.3 Å². The number of nitro groups is 1. The number of benzene rings is 2. The Morgan fingerprint density at radius 2 is 2.16 bits per heavy atom. The van der Waals surface area contributed by atoms with Crippen molar-refractivity contribution in [2.24, 2.45) is 0 Å². The number of amides is 1. The second kappa shape index (κ2) is 7.36. The zero-order chi connectivity index (χ0) is 21.8. The molecule has 5 rings (SSSR count). The third-order valence-electron chi connectivity index (χ3n) is 6.74. The number of halogens is 1. The first-order valence-corrected chi connectivity index (χ1v) is 11.0. The van der Waals surface area contributed by atoms with E-state index in [4.69, 9.17) is 11.2 Å². The predicted octanol–water partition coefficient (Wildman–Crippen LogP) is 3.52. The van der Waals surface area contributed by atoms with Gasteiger partial charge in [0.15, 0.2) is 5.54 Å². The number of para-hydroxylation sites is 1. The number of terminal acetylenes is 1. The second-order valence-corrected chi connectivity index (χ2v) is 9.02. The van der Waals surface area contributed by atoms with Gasteiger partial charge in [-0.2, -0.15) is 0 Å². The Hall–Kier alpha value is -2.89. The highest BCUT2D eigenvalue weighted by molar-refractivity contribution is 9.10. The van der Waals surface area contributed by atoms with E-state index in [1.165, 1.54) is 0 Å². The van der Waals surface area contributed by atoms with Crippen LogP contribution in [0, 0.1) is 22.5 Å². The third kappa shape index (κ3) is 2.73. The standard InChI is InChI=1S/C23H20BrN3O4/c1-2-12-31-19-10-9-14(24)13-15(19)20-18-8-5-11-26(18)23(21(20)27(29)30)16-6-3-4-7-17(16)25-22(23)28/h1,3-4,6-7,9-10,13,18,20-21H,5,8,11-12H2,(H,25,28)/t18-,20+,21+,23-/m0/s1. The second-order valence-electron chi connectivity index (χ2n) is 8.10. The Kier molecular flexibility index (Phi) is 4.76. The van der Waals surface area contributed by atoms with Gasteiger partial charge in [0.1, 0.15) is 12.4 Å². The first-order chi connectivity index (χ1) is 15.0. The molecule has 4 atom stereocenters. The summed E-state index contributed by atoms with van der Waals surface area (Å²) in [6.45, 7) is 0.690. The van der Waals surface area contributed by atoms with E-state index < -0.39 is 17.5 Å². The summed E-state index contributed by atoms with van der Waals surface area (Å²) < 4.78 is 6.57. The minimum absolute atomic E-state index is 0.0628. The van der Waals surface area contributed by atoms with Gasteiger partial charge in [0.2, 0.25) is 0 Å². The van der Waals surface area contributed by atoms with Gasteiger partial charge >= 0.3 is 0 Å². The van der Waals surface area contributed by atoms with Crippen molar-refractivity contribution in [1.29, 1.82) is 0 Å². The molecule has 0 aliphatic carbocycles. The topological polar surface area (TPSA) is 84.7 Å². The molecular formula is C23H20BrN3O4. The number of carbonyl (C=O) groups is 1. The summed E-state index contributed by atoms with van der Waals surface area (Å²) in [5.41, 5.74) is 0.677. The van der Waals surface area contributed by atoms with Crippen molar-refractivity contribution in [2.45, 2.75) is 36.4 Å². The smallest absolute Gasteiger partial charge is 0.256 e. The highest BCUT2D eigenvalue weighted by Gasteiger charge is 2.73. The molecule has 2 fully saturated rings. The molecule has 2 aromatic rings. The summed E-state index contributed by atoms with van der Waals surface area (Å²) in [6, 6.07) is 11.4. The lowest BCUT2D eigenvalue weighted by molar-refractivity contribution is -0.534. The molecule has 0 bridgehead atoms.